The van der Waals surface area contributed by atoms with Gasteiger partial charge in [0.15, 0.2) is 11.5 Å². The lowest BCUT2D eigenvalue weighted by Gasteiger charge is -2.39. The molecule has 2 aliphatic heterocycles. The molecule has 1 saturated heterocycles. The van der Waals surface area contributed by atoms with Gasteiger partial charge in [-0.15, -0.1) is 0 Å². The topological polar surface area (TPSA) is 79.4 Å². The van der Waals surface area contributed by atoms with Gasteiger partial charge in [0.05, 0.1) is 11.9 Å². The summed E-state index contributed by atoms with van der Waals surface area (Å²) in [6, 6.07) is 12.4. The maximum absolute atomic E-state index is 13.4. The number of rotatable bonds is 7. The Morgan fingerprint density at radius 3 is 2.33 bits per heavy atom. The first-order valence-corrected chi connectivity index (χ1v) is 13.1. The molecular formula is C24H31N3O5S. The molecule has 1 amide bonds. The highest BCUT2D eigenvalue weighted by Gasteiger charge is 2.35. The Morgan fingerprint density at radius 1 is 1.03 bits per heavy atom. The first-order valence-electron chi connectivity index (χ1n) is 11.2. The van der Waals surface area contributed by atoms with Gasteiger partial charge in [0.2, 0.25) is 22.7 Å². The molecule has 178 valence electrons. The number of carbonyl (C=O) groups excluding carboxylic acids is 1. The van der Waals surface area contributed by atoms with Gasteiger partial charge in [0.1, 0.15) is 6.04 Å². The number of benzene rings is 2. The highest BCUT2D eigenvalue weighted by atomic mass is 32.2. The predicted molar refractivity (Wildman–Crippen MR) is 127 cm³/mol. The summed E-state index contributed by atoms with van der Waals surface area (Å²) in [6.07, 6.45) is 1.56. The van der Waals surface area contributed by atoms with Gasteiger partial charge in [-0.1, -0.05) is 30.7 Å². The van der Waals surface area contributed by atoms with E-state index in [-0.39, 0.29) is 12.7 Å². The molecular weight excluding hydrogens is 442 g/mol. The minimum atomic E-state index is -3.63. The van der Waals surface area contributed by atoms with Crippen LogP contribution in [0.5, 0.6) is 11.5 Å². The number of hydrogen-bond donors (Lipinski definition) is 0. The van der Waals surface area contributed by atoms with E-state index in [0.717, 1.165) is 48.5 Å². The Hall–Kier alpha value is -2.78. The molecule has 0 saturated carbocycles. The van der Waals surface area contributed by atoms with E-state index in [2.05, 4.69) is 4.90 Å². The Bertz CT molecular complexity index is 1100. The van der Waals surface area contributed by atoms with E-state index in [0.29, 0.717) is 25.2 Å². The van der Waals surface area contributed by atoms with Crippen LogP contribution in [0.4, 0.5) is 5.69 Å². The quantitative estimate of drug-likeness (QED) is 0.615. The van der Waals surface area contributed by atoms with E-state index in [4.69, 9.17) is 9.47 Å². The van der Waals surface area contributed by atoms with Gasteiger partial charge >= 0.3 is 0 Å². The monoisotopic (exact) mass is 473 g/mol. The Morgan fingerprint density at radius 2 is 1.70 bits per heavy atom. The van der Waals surface area contributed by atoms with Crippen molar-refractivity contribution >= 4 is 21.6 Å². The maximum Gasteiger partial charge on any atom is 0.246 e. The fourth-order valence-corrected chi connectivity index (χ4v) is 5.58. The lowest BCUT2D eigenvalue weighted by atomic mass is 10.1. The molecule has 1 atom stereocenters. The average Bonchev–Trinajstić information content (AvgIpc) is 3.25. The molecule has 0 aromatic heterocycles. The lowest BCUT2D eigenvalue weighted by Crippen LogP contribution is -2.55. The van der Waals surface area contributed by atoms with Crippen LogP contribution in [0.1, 0.15) is 24.5 Å². The van der Waals surface area contributed by atoms with Crippen molar-refractivity contribution in [1.82, 2.24) is 9.80 Å². The summed E-state index contributed by atoms with van der Waals surface area (Å²) in [4.78, 5) is 17.5. The van der Waals surface area contributed by atoms with Gasteiger partial charge in [-0.3, -0.25) is 14.0 Å². The van der Waals surface area contributed by atoms with Gasteiger partial charge in [-0.25, -0.2) is 8.42 Å². The molecule has 2 aliphatic rings. The van der Waals surface area contributed by atoms with Crippen LogP contribution in [0.15, 0.2) is 42.5 Å². The number of anilines is 1. The molecule has 1 fully saturated rings. The number of ether oxygens (including phenoxy) is 2. The fourth-order valence-electron chi connectivity index (χ4n) is 4.37. The number of piperazine rings is 1. The van der Waals surface area contributed by atoms with Crippen LogP contribution >= 0.6 is 0 Å². The van der Waals surface area contributed by atoms with Crippen LogP contribution in [0.25, 0.3) is 0 Å². The minimum absolute atomic E-state index is 0.147. The van der Waals surface area contributed by atoms with Crippen LogP contribution in [0, 0.1) is 6.92 Å². The zero-order valence-corrected chi connectivity index (χ0v) is 20.2. The second-order valence-electron chi connectivity index (χ2n) is 8.61. The highest BCUT2D eigenvalue weighted by Crippen LogP contribution is 2.33. The summed E-state index contributed by atoms with van der Waals surface area (Å²) >= 11 is 0. The third kappa shape index (κ3) is 5.25. The average molecular weight is 474 g/mol. The normalized spacial score (nSPS) is 17.1. The molecule has 2 heterocycles. The van der Waals surface area contributed by atoms with E-state index < -0.39 is 16.1 Å². The Labute approximate surface area is 195 Å². The second kappa shape index (κ2) is 9.61. The van der Waals surface area contributed by atoms with Gasteiger partial charge in [0, 0.05) is 32.7 Å². The third-order valence-corrected chi connectivity index (χ3v) is 7.31. The fraction of sp³-hybridized carbons (Fsp3) is 0.458. The minimum Gasteiger partial charge on any atom is -0.454 e. The van der Waals surface area contributed by atoms with Gasteiger partial charge < -0.3 is 14.4 Å². The molecule has 0 aliphatic carbocycles. The van der Waals surface area contributed by atoms with Gasteiger partial charge in [-0.05, 0) is 43.2 Å². The van der Waals surface area contributed by atoms with Crippen molar-refractivity contribution < 1.29 is 22.7 Å². The smallest absolute Gasteiger partial charge is 0.246 e. The van der Waals surface area contributed by atoms with Crippen LogP contribution in [-0.2, 0) is 21.4 Å². The number of nitrogens with zero attached hydrogens (tertiary/aromatic N) is 3. The summed E-state index contributed by atoms with van der Waals surface area (Å²) in [7, 11) is -3.63. The lowest BCUT2D eigenvalue weighted by molar-refractivity contribution is -0.134. The molecule has 8 nitrogen and oxygen atoms in total. The van der Waals surface area contributed by atoms with E-state index in [9.17, 15) is 13.2 Å². The molecule has 0 N–H and O–H groups in total. The second-order valence-corrected chi connectivity index (χ2v) is 10.5. The first-order chi connectivity index (χ1) is 15.8. The highest BCUT2D eigenvalue weighted by molar-refractivity contribution is 7.92. The summed E-state index contributed by atoms with van der Waals surface area (Å²) in [5, 5.41) is 0. The zero-order chi connectivity index (χ0) is 23.6. The summed E-state index contributed by atoms with van der Waals surface area (Å²) in [5.74, 6) is 1.39. The van der Waals surface area contributed by atoms with E-state index in [1.54, 1.807) is 17.0 Å². The number of hydrogen-bond acceptors (Lipinski definition) is 6. The zero-order valence-electron chi connectivity index (χ0n) is 19.4. The number of amides is 1. The standard InChI is InChI=1S/C24H31N3O5S/c1-4-21(27(33(3,29)30)20-8-5-18(2)6-9-20)24(28)26-13-11-25(12-14-26)16-19-7-10-22-23(15-19)32-17-31-22/h5-10,15,21H,4,11-14,16-17H2,1-3H3/t21-/m0/s1. The van der Waals surface area contributed by atoms with E-state index in [1.165, 1.54) is 4.31 Å². The number of aryl methyl sites for hydroxylation is 1. The van der Waals surface area contributed by atoms with E-state index >= 15 is 0 Å². The van der Waals surface area contributed by atoms with Crippen LogP contribution in [0.3, 0.4) is 0 Å². The van der Waals surface area contributed by atoms with Crippen molar-refractivity contribution in [3.8, 4) is 11.5 Å². The van der Waals surface area contributed by atoms with Crippen molar-refractivity contribution in [2.45, 2.75) is 32.9 Å². The van der Waals surface area contributed by atoms with Crippen molar-refractivity contribution in [1.29, 1.82) is 0 Å². The first kappa shape index (κ1) is 23.4. The van der Waals surface area contributed by atoms with E-state index in [1.807, 2.05) is 44.2 Å². The summed E-state index contributed by atoms with van der Waals surface area (Å²) in [6.45, 7) is 7.38. The molecule has 33 heavy (non-hydrogen) atoms. The molecule has 2 aromatic rings. The summed E-state index contributed by atoms with van der Waals surface area (Å²) < 4.78 is 37.4. The molecule has 0 spiro atoms. The van der Waals surface area contributed by atoms with Crippen molar-refractivity contribution in [3.63, 3.8) is 0 Å². The van der Waals surface area contributed by atoms with Crippen molar-refractivity contribution in [2.75, 3.05) is 43.5 Å². The molecule has 2 aromatic carbocycles. The predicted octanol–water partition coefficient (Wildman–Crippen LogP) is 2.61. The van der Waals surface area contributed by atoms with Crippen molar-refractivity contribution in [2.24, 2.45) is 0 Å². The van der Waals surface area contributed by atoms with Crippen LogP contribution in [0.2, 0.25) is 0 Å². The molecule has 4 rings (SSSR count). The molecule has 0 radical (unpaired) electrons. The van der Waals surface area contributed by atoms with Gasteiger partial charge in [-0.2, -0.15) is 0 Å². The molecule has 0 bridgehead atoms. The third-order valence-electron chi connectivity index (χ3n) is 6.13. The SMILES string of the molecule is CC[C@@H](C(=O)N1CCN(Cc2ccc3c(c2)OCO3)CC1)N(c1ccc(C)cc1)S(C)(=O)=O. The maximum atomic E-state index is 13.4. The number of carbonyl (C=O) groups is 1. The largest absolute Gasteiger partial charge is 0.454 e. The van der Waals surface area contributed by atoms with Crippen molar-refractivity contribution in [3.05, 3.63) is 53.6 Å². The Kier molecular flexibility index (Phi) is 6.81. The number of sulfonamides is 1. The van der Waals surface area contributed by atoms with Crippen LogP contribution in [-0.4, -0.2) is 69.4 Å². The number of fused-ring (bicyclic) bond motifs is 1. The Balaban J connectivity index is 1.42. The molecule has 0 unspecified atom stereocenters. The summed E-state index contributed by atoms with van der Waals surface area (Å²) in [5.41, 5.74) is 2.68. The van der Waals surface area contributed by atoms with Gasteiger partial charge in [0.25, 0.3) is 0 Å². The molecule has 9 heteroatoms. The van der Waals surface area contributed by atoms with Crippen LogP contribution < -0.4 is 13.8 Å².